The molecule has 1 saturated heterocycles. The Labute approximate surface area is 200 Å². The summed E-state index contributed by atoms with van der Waals surface area (Å²) in [6.45, 7) is 4.28. The summed E-state index contributed by atoms with van der Waals surface area (Å²) >= 11 is 0. The predicted molar refractivity (Wildman–Crippen MR) is 132 cm³/mol. The van der Waals surface area contributed by atoms with E-state index >= 15 is 0 Å². The molecule has 0 spiro atoms. The van der Waals surface area contributed by atoms with Crippen molar-refractivity contribution in [2.45, 2.75) is 38.1 Å². The van der Waals surface area contributed by atoms with Crippen LogP contribution in [0.25, 0.3) is 10.9 Å². The summed E-state index contributed by atoms with van der Waals surface area (Å²) in [7, 11) is 1.68. The highest BCUT2D eigenvalue weighted by molar-refractivity contribution is 5.78. The van der Waals surface area contributed by atoms with Crippen LogP contribution in [0.4, 0.5) is 0 Å². The second kappa shape index (κ2) is 9.97. The zero-order valence-corrected chi connectivity index (χ0v) is 19.8. The molecule has 0 unspecified atom stereocenters. The molecule has 1 amide bonds. The third kappa shape index (κ3) is 4.99. The molecular weight excluding hydrogens is 428 g/mol. The zero-order chi connectivity index (χ0) is 23.5. The van der Waals surface area contributed by atoms with Crippen molar-refractivity contribution in [2.75, 3.05) is 39.8 Å². The number of para-hydroxylation sites is 1. The maximum atomic E-state index is 13.0. The van der Waals surface area contributed by atoms with E-state index in [0.29, 0.717) is 18.2 Å². The van der Waals surface area contributed by atoms with Gasteiger partial charge in [-0.15, -0.1) is 0 Å². The summed E-state index contributed by atoms with van der Waals surface area (Å²) in [6.07, 6.45) is 3.92. The first-order valence-corrected chi connectivity index (χ1v) is 12.3. The SMILES string of the molecule is COc1ccc(CCN2CCN(C(=O)CCc3nc4ccccc4c(=O)n3C3CC3)CC2)cc1. The van der Waals surface area contributed by atoms with Gasteiger partial charge in [0.25, 0.3) is 5.56 Å². The number of nitrogens with zero attached hydrogens (tertiary/aromatic N) is 4. The highest BCUT2D eigenvalue weighted by Crippen LogP contribution is 2.35. The molecule has 1 aliphatic carbocycles. The Balaban J connectivity index is 1.14. The van der Waals surface area contributed by atoms with E-state index in [1.54, 1.807) is 7.11 Å². The summed E-state index contributed by atoms with van der Waals surface area (Å²) in [5, 5.41) is 0.662. The minimum Gasteiger partial charge on any atom is -0.497 e. The van der Waals surface area contributed by atoms with Crippen LogP contribution in [0.2, 0.25) is 0 Å². The van der Waals surface area contributed by atoms with Crippen molar-refractivity contribution in [1.82, 2.24) is 19.4 Å². The molecule has 2 aromatic carbocycles. The van der Waals surface area contributed by atoms with Crippen molar-refractivity contribution in [1.29, 1.82) is 0 Å². The molecule has 0 N–H and O–H groups in total. The number of ether oxygens (including phenoxy) is 1. The fraction of sp³-hybridized carbons (Fsp3) is 0.444. The van der Waals surface area contributed by atoms with Gasteiger partial charge in [0.1, 0.15) is 11.6 Å². The van der Waals surface area contributed by atoms with Gasteiger partial charge in [0.2, 0.25) is 5.91 Å². The molecule has 1 aromatic heterocycles. The molecule has 1 aliphatic heterocycles. The number of amides is 1. The molecule has 2 heterocycles. The Morgan fingerprint density at radius 2 is 1.74 bits per heavy atom. The second-order valence-electron chi connectivity index (χ2n) is 9.27. The van der Waals surface area contributed by atoms with Crippen molar-refractivity contribution in [3.05, 3.63) is 70.3 Å². The van der Waals surface area contributed by atoms with E-state index in [4.69, 9.17) is 9.72 Å². The first-order chi connectivity index (χ1) is 16.6. The monoisotopic (exact) mass is 460 g/mol. The van der Waals surface area contributed by atoms with Gasteiger partial charge in [0.05, 0.1) is 18.0 Å². The van der Waals surface area contributed by atoms with Crippen LogP contribution < -0.4 is 10.3 Å². The van der Waals surface area contributed by atoms with E-state index in [2.05, 4.69) is 17.0 Å². The fourth-order valence-electron chi connectivity index (χ4n) is 4.75. The van der Waals surface area contributed by atoms with Crippen molar-refractivity contribution in [3.63, 3.8) is 0 Å². The predicted octanol–water partition coefficient (Wildman–Crippen LogP) is 3.06. The van der Waals surface area contributed by atoms with Gasteiger partial charge < -0.3 is 9.64 Å². The van der Waals surface area contributed by atoms with Crippen molar-refractivity contribution in [2.24, 2.45) is 0 Å². The number of hydrogen-bond donors (Lipinski definition) is 0. The van der Waals surface area contributed by atoms with Crippen LogP contribution in [0, 0.1) is 0 Å². The van der Waals surface area contributed by atoms with Crippen molar-refractivity contribution < 1.29 is 9.53 Å². The normalized spacial score (nSPS) is 16.7. The van der Waals surface area contributed by atoms with Crippen molar-refractivity contribution >= 4 is 16.8 Å². The Hall–Kier alpha value is -3.19. The summed E-state index contributed by atoms with van der Waals surface area (Å²) in [5.74, 6) is 1.78. The quantitative estimate of drug-likeness (QED) is 0.517. The first kappa shape index (κ1) is 22.6. The van der Waals surface area contributed by atoms with Gasteiger partial charge in [-0.2, -0.15) is 0 Å². The molecule has 3 aromatic rings. The number of benzene rings is 2. The smallest absolute Gasteiger partial charge is 0.261 e. The van der Waals surface area contributed by atoms with Gasteiger partial charge in [0, 0.05) is 51.6 Å². The lowest BCUT2D eigenvalue weighted by atomic mass is 10.1. The first-order valence-electron chi connectivity index (χ1n) is 12.3. The van der Waals surface area contributed by atoms with E-state index in [1.165, 1.54) is 5.56 Å². The summed E-state index contributed by atoms with van der Waals surface area (Å²) in [5.41, 5.74) is 2.04. The zero-order valence-electron chi connectivity index (χ0n) is 19.8. The van der Waals surface area contributed by atoms with E-state index < -0.39 is 0 Å². The number of carbonyl (C=O) groups excluding carboxylic acids is 1. The van der Waals surface area contributed by atoms with Gasteiger partial charge in [-0.25, -0.2) is 4.98 Å². The number of piperazine rings is 1. The molecular formula is C27H32N4O3. The van der Waals surface area contributed by atoms with Crippen LogP contribution in [0.15, 0.2) is 53.3 Å². The van der Waals surface area contributed by atoms with E-state index in [-0.39, 0.29) is 17.5 Å². The average molecular weight is 461 g/mol. The van der Waals surface area contributed by atoms with Gasteiger partial charge in [-0.1, -0.05) is 24.3 Å². The fourth-order valence-corrected chi connectivity index (χ4v) is 4.75. The molecule has 0 bridgehead atoms. The third-order valence-electron chi connectivity index (χ3n) is 6.96. The van der Waals surface area contributed by atoms with E-state index in [9.17, 15) is 9.59 Å². The molecule has 1 saturated carbocycles. The highest BCUT2D eigenvalue weighted by Gasteiger charge is 2.29. The number of methoxy groups -OCH3 is 1. The summed E-state index contributed by atoms with van der Waals surface area (Å²) in [6, 6.07) is 16.0. The summed E-state index contributed by atoms with van der Waals surface area (Å²) < 4.78 is 7.06. The minimum atomic E-state index is 0.0287. The molecule has 2 fully saturated rings. The van der Waals surface area contributed by atoms with Crippen LogP contribution in [0.5, 0.6) is 5.75 Å². The largest absolute Gasteiger partial charge is 0.497 e. The third-order valence-corrected chi connectivity index (χ3v) is 6.96. The average Bonchev–Trinajstić information content (AvgIpc) is 3.72. The van der Waals surface area contributed by atoms with Gasteiger partial charge in [-0.3, -0.25) is 19.1 Å². The Morgan fingerprint density at radius 1 is 1.00 bits per heavy atom. The molecule has 2 aliphatic rings. The Morgan fingerprint density at radius 3 is 2.44 bits per heavy atom. The highest BCUT2D eigenvalue weighted by atomic mass is 16.5. The lowest BCUT2D eigenvalue weighted by Crippen LogP contribution is -2.49. The molecule has 7 nitrogen and oxygen atoms in total. The Kier molecular flexibility index (Phi) is 6.63. The van der Waals surface area contributed by atoms with Crippen LogP contribution >= 0.6 is 0 Å². The number of aromatic nitrogens is 2. The maximum Gasteiger partial charge on any atom is 0.261 e. The number of fused-ring (bicyclic) bond motifs is 1. The summed E-state index contributed by atoms with van der Waals surface area (Å²) in [4.78, 5) is 35.1. The second-order valence-corrected chi connectivity index (χ2v) is 9.27. The molecule has 5 rings (SSSR count). The molecule has 0 radical (unpaired) electrons. The topological polar surface area (TPSA) is 67.7 Å². The van der Waals surface area contributed by atoms with E-state index in [0.717, 1.165) is 69.1 Å². The van der Waals surface area contributed by atoms with Crippen LogP contribution in [0.3, 0.4) is 0 Å². The molecule has 7 heteroatoms. The Bertz CT molecular complexity index is 1210. The number of hydrogen-bond acceptors (Lipinski definition) is 5. The lowest BCUT2D eigenvalue weighted by Gasteiger charge is -2.34. The molecule has 34 heavy (non-hydrogen) atoms. The standard InChI is InChI=1S/C27H32N4O3/c1-34-22-10-6-20(7-11-22)14-15-29-16-18-30(19-17-29)26(32)13-12-25-28-24-5-3-2-4-23(24)27(33)31(25)21-8-9-21/h2-7,10-11,21H,8-9,12-19H2,1H3. The van der Waals surface area contributed by atoms with Gasteiger partial charge in [-0.05, 0) is 49.1 Å². The van der Waals surface area contributed by atoms with Crippen molar-refractivity contribution in [3.8, 4) is 5.75 Å². The van der Waals surface area contributed by atoms with E-state index in [1.807, 2.05) is 45.9 Å². The lowest BCUT2D eigenvalue weighted by molar-refractivity contribution is -0.132. The maximum absolute atomic E-state index is 13.0. The molecule has 178 valence electrons. The minimum absolute atomic E-state index is 0.0287. The van der Waals surface area contributed by atoms with Crippen LogP contribution in [-0.2, 0) is 17.6 Å². The van der Waals surface area contributed by atoms with Gasteiger partial charge >= 0.3 is 0 Å². The number of carbonyl (C=O) groups is 1. The number of rotatable bonds is 8. The molecule has 0 atom stereocenters. The van der Waals surface area contributed by atoms with Crippen LogP contribution in [-0.4, -0.2) is 65.1 Å². The van der Waals surface area contributed by atoms with Gasteiger partial charge in [0.15, 0.2) is 0 Å². The van der Waals surface area contributed by atoms with Crippen LogP contribution in [0.1, 0.15) is 36.7 Å². The number of aryl methyl sites for hydroxylation is 1.